The molecule has 1 aliphatic heterocycles. The largest absolute Gasteiger partial charge is 0.481 e. The standard InChI is InChI=1S/C45H63N7O14/c1-7-21-51(45(63)66-26-31-17-13-10-14-18-31)49-41(59)35-22-32(65-25-30-15-11-9-12-16-30)24-50(35)44(62)38(27(3)4)48-42(60)39(28(5)8-2)52(64)43(61)33(19-20-36(54)55)47-40(58)34(23-37(56)57)46-29(6)53/h9-18,27-28,32-35,38-39,64H,7-8,19-26H2,1-6H3,(H,46,53)(H,47,58)(H,48,60)(H,49,59)(H,54,55)(H,56,57)/t28-,32+,33+,34-,35-,38-,39-/m0/s1. The van der Waals surface area contributed by atoms with Crippen molar-refractivity contribution in [2.24, 2.45) is 11.8 Å². The van der Waals surface area contributed by atoms with E-state index in [9.17, 15) is 58.6 Å². The molecule has 3 rings (SSSR count). The van der Waals surface area contributed by atoms with E-state index in [-0.39, 0.29) is 44.2 Å². The van der Waals surface area contributed by atoms with Crippen molar-refractivity contribution in [3.05, 3.63) is 71.8 Å². The van der Waals surface area contributed by atoms with Crippen molar-refractivity contribution in [2.45, 2.75) is 130 Å². The molecule has 0 aromatic heterocycles. The summed E-state index contributed by atoms with van der Waals surface area (Å²) in [5, 5.41) is 38.2. The summed E-state index contributed by atoms with van der Waals surface area (Å²) >= 11 is 0. The number of hydroxylamine groups is 2. The van der Waals surface area contributed by atoms with E-state index in [0.29, 0.717) is 6.42 Å². The summed E-state index contributed by atoms with van der Waals surface area (Å²) in [6.07, 6.45) is -3.07. The van der Waals surface area contributed by atoms with E-state index in [1.54, 1.807) is 52.0 Å². The minimum atomic E-state index is -1.81. The zero-order valence-electron chi connectivity index (χ0n) is 38.1. The topological polar surface area (TPSA) is 291 Å². The van der Waals surface area contributed by atoms with Gasteiger partial charge in [-0.25, -0.2) is 14.9 Å². The molecular formula is C45H63N7O14. The van der Waals surface area contributed by atoms with Crippen molar-refractivity contribution in [3.8, 4) is 0 Å². The van der Waals surface area contributed by atoms with E-state index in [1.807, 2.05) is 36.4 Å². The summed E-state index contributed by atoms with van der Waals surface area (Å²) in [5.74, 6) is -10.0. The van der Waals surface area contributed by atoms with Gasteiger partial charge in [-0.2, -0.15) is 0 Å². The van der Waals surface area contributed by atoms with Crippen molar-refractivity contribution in [3.63, 3.8) is 0 Å². The molecule has 0 aliphatic carbocycles. The fraction of sp³-hybridized carbons (Fsp3) is 0.533. The van der Waals surface area contributed by atoms with Crippen molar-refractivity contribution in [2.75, 3.05) is 13.1 Å². The molecule has 2 aromatic rings. The number of hydrazine groups is 1. The number of nitrogens with zero attached hydrogens (tertiary/aromatic N) is 3. The molecule has 21 heteroatoms. The van der Waals surface area contributed by atoms with E-state index >= 15 is 0 Å². The highest BCUT2D eigenvalue weighted by Crippen LogP contribution is 2.25. The molecule has 0 spiro atoms. The number of likely N-dealkylation sites (tertiary alicyclic amines) is 1. The second-order valence-corrected chi connectivity index (χ2v) is 16.4. The zero-order chi connectivity index (χ0) is 49.1. The van der Waals surface area contributed by atoms with Crippen molar-refractivity contribution >= 4 is 53.5 Å². The molecule has 7 atom stereocenters. The van der Waals surface area contributed by atoms with Gasteiger partial charge < -0.3 is 40.5 Å². The third-order valence-corrected chi connectivity index (χ3v) is 10.8. The Morgan fingerprint density at radius 2 is 1.41 bits per heavy atom. The molecule has 1 saturated heterocycles. The molecule has 362 valence electrons. The van der Waals surface area contributed by atoms with Gasteiger partial charge in [0.25, 0.3) is 11.8 Å². The van der Waals surface area contributed by atoms with E-state index < -0.39 is 121 Å². The van der Waals surface area contributed by atoms with Gasteiger partial charge in [-0.15, -0.1) is 0 Å². The van der Waals surface area contributed by atoms with Gasteiger partial charge in [0.1, 0.15) is 36.8 Å². The fourth-order valence-corrected chi connectivity index (χ4v) is 7.11. The molecule has 1 aliphatic rings. The van der Waals surface area contributed by atoms with Gasteiger partial charge in [-0.3, -0.25) is 49.0 Å². The second kappa shape index (κ2) is 26.4. The lowest BCUT2D eigenvalue weighted by molar-refractivity contribution is -0.187. The predicted molar refractivity (Wildman–Crippen MR) is 234 cm³/mol. The first-order valence-corrected chi connectivity index (χ1v) is 21.9. The Morgan fingerprint density at radius 3 is 1.94 bits per heavy atom. The molecular weight excluding hydrogens is 863 g/mol. The van der Waals surface area contributed by atoms with Crippen LogP contribution >= 0.6 is 0 Å². The SMILES string of the molecule is CCCN(NC(=O)[C@@H]1C[C@@H](OCc2ccccc2)CN1C(=O)[C@@H](NC(=O)[C@H]([C@@H](C)CC)N(O)C(=O)[C@@H](CCC(=O)O)NC(=O)[C@H](CC(=O)O)NC(C)=O)C(C)C)C(=O)OCc1ccccc1. The van der Waals surface area contributed by atoms with Gasteiger partial charge in [0.2, 0.25) is 23.6 Å². The van der Waals surface area contributed by atoms with Crippen LogP contribution < -0.4 is 21.4 Å². The number of hydrogen-bond acceptors (Lipinski definition) is 12. The van der Waals surface area contributed by atoms with Crippen LogP contribution in [0.5, 0.6) is 0 Å². The first kappa shape index (κ1) is 53.7. The lowest BCUT2D eigenvalue weighted by Gasteiger charge is -2.35. The number of amides is 7. The highest BCUT2D eigenvalue weighted by molar-refractivity contribution is 5.97. The monoisotopic (exact) mass is 925 g/mol. The van der Waals surface area contributed by atoms with Crippen LogP contribution in [-0.2, 0) is 61.0 Å². The number of aliphatic carboxylic acids is 2. The molecule has 66 heavy (non-hydrogen) atoms. The Hall–Kier alpha value is -6.61. The second-order valence-electron chi connectivity index (χ2n) is 16.4. The molecule has 0 bridgehead atoms. The molecule has 1 fully saturated rings. The quantitative estimate of drug-likeness (QED) is 0.0588. The molecule has 7 amide bonds. The molecule has 21 nitrogen and oxygen atoms in total. The van der Waals surface area contributed by atoms with Crippen LogP contribution in [0, 0.1) is 11.8 Å². The molecule has 0 unspecified atom stereocenters. The number of carboxylic acid groups (broad SMARTS) is 2. The number of ether oxygens (including phenoxy) is 2. The molecule has 1 heterocycles. The van der Waals surface area contributed by atoms with Crippen LogP contribution in [0.3, 0.4) is 0 Å². The van der Waals surface area contributed by atoms with Crippen LogP contribution in [0.15, 0.2) is 60.7 Å². The molecule has 2 aromatic carbocycles. The van der Waals surface area contributed by atoms with Crippen molar-refractivity contribution in [1.82, 2.24) is 36.3 Å². The van der Waals surface area contributed by atoms with E-state index in [2.05, 4.69) is 21.4 Å². The van der Waals surface area contributed by atoms with Crippen molar-refractivity contribution < 1.29 is 68.0 Å². The smallest absolute Gasteiger partial charge is 0.429 e. The number of carbonyl (C=O) groups is 9. The van der Waals surface area contributed by atoms with Crippen molar-refractivity contribution in [1.29, 1.82) is 0 Å². The van der Waals surface area contributed by atoms with E-state index in [4.69, 9.17) is 9.47 Å². The van der Waals surface area contributed by atoms with E-state index in [1.165, 1.54) is 11.8 Å². The average Bonchev–Trinajstić information content (AvgIpc) is 3.72. The summed E-state index contributed by atoms with van der Waals surface area (Å²) in [5.41, 5.74) is 4.17. The summed E-state index contributed by atoms with van der Waals surface area (Å²) in [4.78, 5) is 119. The third kappa shape index (κ3) is 16.4. The summed E-state index contributed by atoms with van der Waals surface area (Å²) < 4.78 is 11.7. The van der Waals surface area contributed by atoms with Gasteiger partial charge in [-0.05, 0) is 35.8 Å². The van der Waals surface area contributed by atoms with Crippen LogP contribution in [-0.4, -0.2) is 133 Å². The normalized spacial score (nSPS) is 16.7. The zero-order valence-corrected chi connectivity index (χ0v) is 38.1. The maximum absolute atomic E-state index is 14.7. The van der Waals surface area contributed by atoms with Gasteiger partial charge in [0.15, 0.2) is 0 Å². The van der Waals surface area contributed by atoms with Crippen LogP contribution in [0.1, 0.15) is 91.2 Å². The Morgan fingerprint density at radius 1 is 0.803 bits per heavy atom. The first-order chi connectivity index (χ1) is 31.3. The van der Waals surface area contributed by atoms with Gasteiger partial charge in [0, 0.05) is 32.9 Å². The van der Waals surface area contributed by atoms with Crippen LogP contribution in [0.2, 0.25) is 0 Å². The summed E-state index contributed by atoms with van der Waals surface area (Å²) in [6.45, 7) is 9.33. The maximum Gasteiger partial charge on any atom is 0.429 e. The van der Waals surface area contributed by atoms with E-state index in [0.717, 1.165) is 23.1 Å². The Labute approximate surface area is 383 Å². The number of carboxylic acids is 2. The molecule has 0 radical (unpaired) electrons. The van der Waals surface area contributed by atoms with Crippen LogP contribution in [0.25, 0.3) is 0 Å². The van der Waals surface area contributed by atoms with Gasteiger partial charge in [-0.1, -0.05) is 102 Å². The number of hydrogen-bond donors (Lipinski definition) is 7. The lowest BCUT2D eigenvalue weighted by atomic mass is 9.95. The number of rotatable bonds is 24. The Bertz CT molecular complexity index is 1970. The lowest BCUT2D eigenvalue weighted by Crippen LogP contribution is -2.62. The number of carbonyl (C=O) groups excluding carboxylic acids is 7. The third-order valence-electron chi connectivity index (χ3n) is 10.8. The summed E-state index contributed by atoms with van der Waals surface area (Å²) in [7, 11) is 0. The minimum absolute atomic E-state index is 0.00925. The molecule has 0 saturated carbocycles. The minimum Gasteiger partial charge on any atom is -0.481 e. The molecule has 7 N–H and O–H groups in total. The highest BCUT2D eigenvalue weighted by Gasteiger charge is 2.45. The maximum atomic E-state index is 14.7. The summed E-state index contributed by atoms with van der Waals surface area (Å²) in [6, 6.07) is 10.4. The highest BCUT2D eigenvalue weighted by atomic mass is 16.6. The predicted octanol–water partition coefficient (Wildman–Crippen LogP) is 2.36. The Balaban J connectivity index is 1.92. The Kier molecular flexibility index (Phi) is 21.5. The number of benzene rings is 2. The number of nitrogens with one attached hydrogen (secondary N) is 4. The first-order valence-electron chi connectivity index (χ1n) is 21.9. The average molecular weight is 926 g/mol. The van der Waals surface area contributed by atoms with Crippen LogP contribution in [0.4, 0.5) is 4.79 Å². The van der Waals surface area contributed by atoms with Gasteiger partial charge >= 0.3 is 18.0 Å². The van der Waals surface area contributed by atoms with Gasteiger partial charge in [0.05, 0.1) is 19.1 Å². The fourth-order valence-electron chi connectivity index (χ4n) is 7.11.